The van der Waals surface area contributed by atoms with Gasteiger partial charge in [-0.05, 0) is 67.1 Å². The van der Waals surface area contributed by atoms with E-state index in [1.54, 1.807) is 0 Å². The van der Waals surface area contributed by atoms with Gasteiger partial charge in [0.1, 0.15) is 5.75 Å². The fourth-order valence-corrected chi connectivity index (χ4v) is 4.50. The first-order valence-corrected chi connectivity index (χ1v) is 10.4. The molecule has 3 atom stereocenters. The molecule has 0 heterocycles. The van der Waals surface area contributed by atoms with E-state index in [0.717, 1.165) is 30.4 Å². The first-order valence-electron chi connectivity index (χ1n) is 10.4. The van der Waals surface area contributed by atoms with Gasteiger partial charge in [0.2, 0.25) is 0 Å². The number of phenols is 1. The molecule has 0 spiro atoms. The Morgan fingerprint density at radius 2 is 1.92 bits per heavy atom. The zero-order chi connectivity index (χ0) is 19.3. The topological polar surface area (TPSA) is 40.5 Å². The van der Waals surface area contributed by atoms with E-state index in [1.165, 1.54) is 31.2 Å². The van der Waals surface area contributed by atoms with Gasteiger partial charge >= 0.3 is 0 Å². The SMILES string of the molecule is C=C(C)C1CCC(O)C[C@@H]1c1ccc(C(C)(C)CCCCCC)cc1O. The van der Waals surface area contributed by atoms with Gasteiger partial charge in [0.15, 0.2) is 0 Å². The number of unbranched alkanes of at least 4 members (excludes halogenated alkanes) is 3. The number of hydrogen-bond acceptors (Lipinski definition) is 2. The second-order valence-corrected chi connectivity index (χ2v) is 8.99. The Balaban J connectivity index is 2.18. The summed E-state index contributed by atoms with van der Waals surface area (Å²) in [5.74, 6) is 0.893. The summed E-state index contributed by atoms with van der Waals surface area (Å²) in [7, 11) is 0. The molecule has 1 aromatic carbocycles. The van der Waals surface area contributed by atoms with Crippen molar-refractivity contribution in [2.75, 3.05) is 0 Å². The maximum absolute atomic E-state index is 10.8. The number of rotatable bonds is 8. The third-order valence-electron chi connectivity index (χ3n) is 6.32. The van der Waals surface area contributed by atoms with Gasteiger partial charge in [0.05, 0.1) is 6.10 Å². The smallest absolute Gasteiger partial charge is 0.119 e. The van der Waals surface area contributed by atoms with Crippen molar-refractivity contribution in [1.29, 1.82) is 0 Å². The summed E-state index contributed by atoms with van der Waals surface area (Å²) in [6, 6.07) is 6.24. The lowest BCUT2D eigenvalue weighted by Gasteiger charge is -2.36. The van der Waals surface area contributed by atoms with Crippen LogP contribution in [0.2, 0.25) is 0 Å². The van der Waals surface area contributed by atoms with Gasteiger partial charge in [-0.3, -0.25) is 0 Å². The molecule has 1 aliphatic rings. The molecule has 2 unspecified atom stereocenters. The van der Waals surface area contributed by atoms with E-state index < -0.39 is 0 Å². The van der Waals surface area contributed by atoms with Crippen LogP contribution >= 0.6 is 0 Å². The molecule has 2 N–H and O–H groups in total. The highest BCUT2D eigenvalue weighted by molar-refractivity contribution is 5.42. The van der Waals surface area contributed by atoms with Crippen LogP contribution in [0.1, 0.15) is 96.1 Å². The molecule has 0 aromatic heterocycles. The van der Waals surface area contributed by atoms with E-state index >= 15 is 0 Å². The van der Waals surface area contributed by atoms with Crippen molar-refractivity contribution in [2.24, 2.45) is 5.92 Å². The first kappa shape index (κ1) is 21.0. The lowest BCUT2D eigenvalue weighted by atomic mass is 9.71. The van der Waals surface area contributed by atoms with Crippen LogP contribution in [0.3, 0.4) is 0 Å². The maximum Gasteiger partial charge on any atom is 0.119 e. The minimum atomic E-state index is -0.273. The Morgan fingerprint density at radius 1 is 1.19 bits per heavy atom. The molecule has 2 heteroatoms. The number of allylic oxidation sites excluding steroid dienone is 1. The van der Waals surface area contributed by atoms with E-state index in [1.807, 2.05) is 6.07 Å². The zero-order valence-electron chi connectivity index (χ0n) is 17.2. The summed E-state index contributed by atoms with van der Waals surface area (Å²) in [6.45, 7) is 13.0. The predicted molar refractivity (Wildman–Crippen MR) is 111 cm³/mol. The van der Waals surface area contributed by atoms with Crippen LogP contribution in [-0.2, 0) is 5.41 Å². The third-order valence-corrected chi connectivity index (χ3v) is 6.32. The van der Waals surface area contributed by atoms with Crippen LogP contribution in [0, 0.1) is 5.92 Å². The van der Waals surface area contributed by atoms with E-state index in [4.69, 9.17) is 0 Å². The van der Waals surface area contributed by atoms with Gasteiger partial charge in [-0.25, -0.2) is 0 Å². The lowest BCUT2D eigenvalue weighted by Crippen LogP contribution is -2.27. The highest BCUT2D eigenvalue weighted by Crippen LogP contribution is 2.45. The largest absolute Gasteiger partial charge is 0.508 e. The first-order chi connectivity index (χ1) is 12.3. The Hall–Kier alpha value is -1.28. The molecule has 0 saturated heterocycles. The van der Waals surface area contributed by atoms with Crippen LogP contribution in [0.15, 0.2) is 30.4 Å². The zero-order valence-corrected chi connectivity index (χ0v) is 17.2. The molecule has 0 bridgehead atoms. The molecule has 1 fully saturated rings. The molecular weight excluding hydrogens is 320 g/mol. The molecule has 26 heavy (non-hydrogen) atoms. The average Bonchev–Trinajstić information content (AvgIpc) is 2.58. The average molecular weight is 359 g/mol. The van der Waals surface area contributed by atoms with Crippen LogP contribution in [0.4, 0.5) is 0 Å². The number of hydrogen-bond donors (Lipinski definition) is 2. The summed E-state index contributed by atoms with van der Waals surface area (Å²) in [6.07, 6.45) is 8.43. The molecule has 2 nitrogen and oxygen atoms in total. The van der Waals surface area contributed by atoms with E-state index in [9.17, 15) is 10.2 Å². The van der Waals surface area contributed by atoms with Crippen molar-refractivity contribution in [1.82, 2.24) is 0 Å². The highest BCUT2D eigenvalue weighted by Gasteiger charge is 2.33. The van der Waals surface area contributed by atoms with E-state index in [0.29, 0.717) is 18.1 Å². The van der Waals surface area contributed by atoms with Gasteiger partial charge in [-0.15, -0.1) is 0 Å². The maximum atomic E-state index is 10.8. The predicted octanol–water partition coefficient (Wildman–Crippen LogP) is 6.46. The van der Waals surface area contributed by atoms with Gasteiger partial charge < -0.3 is 10.2 Å². The summed E-state index contributed by atoms with van der Waals surface area (Å²) >= 11 is 0. The monoisotopic (exact) mass is 358 g/mol. The Kier molecular flexibility index (Phi) is 7.34. The fourth-order valence-electron chi connectivity index (χ4n) is 4.50. The standard InChI is InChI=1S/C24H38O2/c1-6-7-8-9-14-24(4,5)18-10-12-21(23(26)15-18)22-16-19(25)11-13-20(22)17(2)3/h10,12,15,19-20,22,25-26H,2,6-9,11,13-14,16H2,1,3-5H3/t19?,20?,22-/m0/s1. The van der Waals surface area contributed by atoms with Crippen LogP contribution in [-0.4, -0.2) is 16.3 Å². The van der Waals surface area contributed by atoms with Crippen molar-refractivity contribution in [3.8, 4) is 5.75 Å². The number of aromatic hydroxyl groups is 1. The molecule has 1 saturated carbocycles. The van der Waals surface area contributed by atoms with Crippen molar-refractivity contribution in [3.63, 3.8) is 0 Å². The Labute approximate surface area is 160 Å². The van der Waals surface area contributed by atoms with E-state index in [2.05, 4.69) is 46.4 Å². The molecule has 0 aliphatic heterocycles. The minimum absolute atomic E-state index is 0.0730. The number of phenolic OH excluding ortho intramolecular Hbond substituents is 1. The molecule has 0 radical (unpaired) electrons. The van der Waals surface area contributed by atoms with Crippen LogP contribution < -0.4 is 0 Å². The van der Waals surface area contributed by atoms with Gasteiger partial charge in [-0.1, -0.05) is 70.7 Å². The molecule has 2 rings (SSSR count). The normalized spacial score (nSPS) is 23.8. The summed E-state index contributed by atoms with van der Waals surface area (Å²) in [4.78, 5) is 0. The summed E-state index contributed by atoms with van der Waals surface area (Å²) in [5.41, 5.74) is 3.41. The molecular formula is C24H38O2. The second-order valence-electron chi connectivity index (χ2n) is 8.99. The third kappa shape index (κ3) is 5.13. The van der Waals surface area contributed by atoms with Gasteiger partial charge in [0, 0.05) is 0 Å². The van der Waals surface area contributed by atoms with Gasteiger partial charge in [-0.2, -0.15) is 0 Å². The summed E-state index contributed by atoms with van der Waals surface area (Å²) < 4.78 is 0. The molecule has 146 valence electrons. The number of aliphatic hydroxyl groups is 1. The second kappa shape index (κ2) is 9.08. The minimum Gasteiger partial charge on any atom is -0.508 e. The highest BCUT2D eigenvalue weighted by atomic mass is 16.3. The van der Waals surface area contributed by atoms with E-state index in [-0.39, 0.29) is 17.4 Å². The Morgan fingerprint density at radius 3 is 2.54 bits per heavy atom. The quantitative estimate of drug-likeness (QED) is 0.413. The lowest BCUT2D eigenvalue weighted by molar-refractivity contribution is 0.101. The van der Waals surface area contributed by atoms with Gasteiger partial charge in [0.25, 0.3) is 0 Å². The fraction of sp³-hybridized carbons (Fsp3) is 0.667. The molecule has 1 aromatic rings. The van der Waals surface area contributed by atoms with Crippen molar-refractivity contribution in [3.05, 3.63) is 41.5 Å². The van der Waals surface area contributed by atoms with Crippen LogP contribution in [0.25, 0.3) is 0 Å². The Bertz CT molecular complexity index is 602. The summed E-state index contributed by atoms with van der Waals surface area (Å²) in [5, 5.41) is 20.9. The number of aliphatic hydroxyl groups excluding tert-OH is 1. The molecule has 1 aliphatic carbocycles. The number of benzene rings is 1. The molecule has 0 amide bonds. The van der Waals surface area contributed by atoms with Crippen LogP contribution in [0.5, 0.6) is 5.75 Å². The van der Waals surface area contributed by atoms with Crippen molar-refractivity contribution < 1.29 is 10.2 Å². The van der Waals surface area contributed by atoms with Crippen molar-refractivity contribution >= 4 is 0 Å². The van der Waals surface area contributed by atoms with Crippen molar-refractivity contribution in [2.45, 2.75) is 96.5 Å².